The summed E-state index contributed by atoms with van der Waals surface area (Å²) in [4.78, 5) is 23.7. The lowest BCUT2D eigenvalue weighted by atomic mass is 9.86. The van der Waals surface area contributed by atoms with Crippen molar-refractivity contribution in [3.05, 3.63) is 34.9 Å². The first kappa shape index (κ1) is 15.8. The molecule has 0 heterocycles. The van der Waals surface area contributed by atoms with Gasteiger partial charge >= 0.3 is 5.97 Å². The van der Waals surface area contributed by atoms with Crippen molar-refractivity contribution in [1.82, 2.24) is 5.32 Å². The first-order chi connectivity index (χ1) is 10.1. The topological polar surface area (TPSA) is 55.4 Å². The van der Waals surface area contributed by atoms with E-state index in [1.807, 2.05) is 0 Å². The number of carbonyl (C=O) groups is 2. The SMILES string of the molecule is C[C@H]1CCCC[C@H]1NC(=O)COC(=O)c1ccccc1Cl. The molecule has 0 bridgehead atoms. The molecule has 1 aliphatic carbocycles. The minimum atomic E-state index is -0.576. The van der Waals surface area contributed by atoms with Gasteiger partial charge in [0.25, 0.3) is 5.91 Å². The molecule has 0 aromatic heterocycles. The Morgan fingerprint density at radius 2 is 2.00 bits per heavy atom. The second kappa shape index (κ2) is 7.46. The lowest BCUT2D eigenvalue weighted by Gasteiger charge is -2.29. The number of esters is 1. The van der Waals surface area contributed by atoms with Crippen LogP contribution in [0.5, 0.6) is 0 Å². The van der Waals surface area contributed by atoms with Gasteiger partial charge in [0, 0.05) is 6.04 Å². The fraction of sp³-hybridized carbons (Fsp3) is 0.500. The molecule has 1 fully saturated rings. The summed E-state index contributed by atoms with van der Waals surface area (Å²) in [5.74, 6) is -0.358. The predicted molar refractivity (Wildman–Crippen MR) is 81.3 cm³/mol. The Morgan fingerprint density at radius 1 is 1.29 bits per heavy atom. The number of hydrogen-bond donors (Lipinski definition) is 1. The van der Waals surface area contributed by atoms with Crippen LogP contribution in [0.4, 0.5) is 0 Å². The average molecular weight is 310 g/mol. The van der Waals surface area contributed by atoms with Gasteiger partial charge in [-0.15, -0.1) is 0 Å². The summed E-state index contributed by atoms with van der Waals surface area (Å²) in [5.41, 5.74) is 0.276. The summed E-state index contributed by atoms with van der Waals surface area (Å²) in [6.45, 7) is 1.87. The number of rotatable bonds is 4. The van der Waals surface area contributed by atoms with E-state index >= 15 is 0 Å². The maximum Gasteiger partial charge on any atom is 0.340 e. The van der Waals surface area contributed by atoms with Crippen molar-refractivity contribution in [3.8, 4) is 0 Å². The van der Waals surface area contributed by atoms with Crippen LogP contribution in [0.3, 0.4) is 0 Å². The van der Waals surface area contributed by atoms with Gasteiger partial charge in [0.05, 0.1) is 10.6 Å². The lowest BCUT2D eigenvalue weighted by Crippen LogP contribution is -2.42. The van der Waals surface area contributed by atoms with Gasteiger partial charge in [-0.1, -0.05) is 43.5 Å². The summed E-state index contributed by atoms with van der Waals surface area (Å²) < 4.78 is 5.01. The van der Waals surface area contributed by atoms with Crippen molar-refractivity contribution in [3.63, 3.8) is 0 Å². The third-order valence-corrected chi connectivity index (χ3v) is 4.22. The normalized spacial score (nSPS) is 21.6. The average Bonchev–Trinajstić information content (AvgIpc) is 2.48. The highest BCUT2D eigenvalue weighted by Crippen LogP contribution is 2.23. The minimum absolute atomic E-state index is 0.185. The molecular weight excluding hydrogens is 290 g/mol. The third-order valence-electron chi connectivity index (χ3n) is 3.89. The molecule has 0 aliphatic heterocycles. The molecule has 0 unspecified atom stereocenters. The zero-order valence-electron chi connectivity index (χ0n) is 12.1. The van der Waals surface area contributed by atoms with Crippen LogP contribution < -0.4 is 5.32 Å². The lowest BCUT2D eigenvalue weighted by molar-refractivity contribution is -0.125. The molecule has 4 nitrogen and oxygen atoms in total. The van der Waals surface area contributed by atoms with E-state index in [9.17, 15) is 9.59 Å². The quantitative estimate of drug-likeness (QED) is 0.869. The standard InChI is InChI=1S/C16H20ClNO3/c1-11-6-2-5-9-14(11)18-15(19)10-21-16(20)12-7-3-4-8-13(12)17/h3-4,7-8,11,14H,2,5-6,9-10H2,1H3,(H,18,19)/t11-,14+/m0/s1. The van der Waals surface area contributed by atoms with Crippen LogP contribution in [0.15, 0.2) is 24.3 Å². The van der Waals surface area contributed by atoms with Gasteiger partial charge in [0.1, 0.15) is 0 Å². The Bertz CT molecular complexity index is 518. The second-order valence-corrected chi connectivity index (χ2v) is 5.90. The van der Waals surface area contributed by atoms with Crippen LogP contribution in [0.1, 0.15) is 43.0 Å². The van der Waals surface area contributed by atoms with Crippen molar-refractivity contribution >= 4 is 23.5 Å². The Balaban J connectivity index is 1.81. The summed E-state index contributed by atoms with van der Waals surface area (Å²) in [7, 11) is 0. The van der Waals surface area contributed by atoms with Crippen LogP contribution in [-0.4, -0.2) is 24.5 Å². The first-order valence-corrected chi connectivity index (χ1v) is 7.66. The zero-order valence-corrected chi connectivity index (χ0v) is 12.9. The Labute approximate surface area is 129 Å². The van der Waals surface area contributed by atoms with E-state index in [0.29, 0.717) is 10.9 Å². The molecule has 1 aromatic rings. The number of halogens is 1. The van der Waals surface area contributed by atoms with Crippen LogP contribution in [0.2, 0.25) is 5.02 Å². The molecule has 5 heteroatoms. The highest BCUT2D eigenvalue weighted by atomic mass is 35.5. The highest BCUT2D eigenvalue weighted by Gasteiger charge is 2.23. The molecule has 2 rings (SSSR count). The number of nitrogens with one attached hydrogen (secondary N) is 1. The number of amides is 1. The van der Waals surface area contributed by atoms with Crippen LogP contribution >= 0.6 is 11.6 Å². The molecule has 0 saturated heterocycles. The molecule has 114 valence electrons. The Kier molecular flexibility index (Phi) is 5.62. The number of hydrogen-bond acceptors (Lipinski definition) is 3. The van der Waals surface area contributed by atoms with Crippen molar-refractivity contribution in [2.24, 2.45) is 5.92 Å². The molecular formula is C16H20ClNO3. The second-order valence-electron chi connectivity index (χ2n) is 5.49. The van der Waals surface area contributed by atoms with Gasteiger partial charge in [-0.3, -0.25) is 4.79 Å². The van der Waals surface area contributed by atoms with Crippen molar-refractivity contribution in [2.75, 3.05) is 6.61 Å². The fourth-order valence-electron chi connectivity index (χ4n) is 2.61. The summed E-state index contributed by atoms with van der Waals surface area (Å²) >= 11 is 5.91. The van der Waals surface area contributed by atoms with Gasteiger partial charge in [0.2, 0.25) is 0 Å². The number of ether oxygens (including phenoxy) is 1. The van der Waals surface area contributed by atoms with Crippen LogP contribution in [-0.2, 0) is 9.53 Å². The molecule has 1 aliphatic rings. The van der Waals surface area contributed by atoms with E-state index in [1.165, 1.54) is 6.42 Å². The molecule has 0 spiro atoms. The molecule has 1 aromatic carbocycles. The molecule has 1 saturated carbocycles. The highest BCUT2D eigenvalue weighted by molar-refractivity contribution is 6.33. The largest absolute Gasteiger partial charge is 0.452 e. The van der Waals surface area contributed by atoms with Crippen molar-refractivity contribution in [2.45, 2.75) is 38.6 Å². The van der Waals surface area contributed by atoms with Crippen LogP contribution in [0, 0.1) is 5.92 Å². The van der Waals surface area contributed by atoms with Gasteiger partial charge in [-0.05, 0) is 30.9 Å². The summed E-state index contributed by atoms with van der Waals surface area (Å²) in [6.07, 6.45) is 4.47. The fourth-order valence-corrected chi connectivity index (χ4v) is 2.83. The summed E-state index contributed by atoms with van der Waals surface area (Å²) in [6, 6.07) is 6.81. The van der Waals surface area contributed by atoms with E-state index in [2.05, 4.69) is 12.2 Å². The van der Waals surface area contributed by atoms with E-state index < -0.39 is 5.97 Å². The molecule has 2 atom stereocenters. The maximum atomic E-state index is 11.9. The van der Waals surface area contributed by atoms with Gasteiger partial charge in [-0.25, -0.2) is 4.79 Å². The van der Waals surface area contributed by atoms with Gasteiger partial charge in [-0.2, -0.15) is 0 Å². The van der Waals surface area contributed by atoms with E-state index in [-0.39, 0.29) is 24.1 Å². The molecule has 1 amide bonds. The van der Waals surface area contributed by atoms with E-state index in [0.717, 1.165) is 19.3 Å². The Morgan fingerprint density at radius 3 is 2.71 bits per heavy atom. The number of carbonyl (C=O) groups excluding carboxylic acids is 2. The smallest absolute Gasteiger partial charge is 0.340 e. The van der Waals surface area contributed by atoms with Crippen molar-refractivity contribution in [1.29, 1.82) is 0 Å². The molecule has 0 radical (unpaired) electrons. The Hall–Kier alpha value is -1.55. The number of benzene rings is 1. The minimum Gasteiger partial charge on any atom is -0.452 e. The van der Waals surface area contributed by atoms with Gasteiger partial charge in [0.15, 0.2) is 6.61 Å². The molecule has 1 N–H and O–H groups in total. The monoisotopic (exact) mass is 309 g/mol. The summed E-state index contributed by atoms with van der Waals surface area (Å²) in [5, 5.41) is 3.26. The van der Waals surface area contributed by atoms with E-state index in [4.69, 9.17) is 16.3 Å². The first-order valence-electron chi connectivity index (χ1n) is 7.29. The van der Waals surface area contributed by atoms with Gasteiger partial charge < -0.3 is 10.1 Å². The zero-order chi connectivity index (χ0) is 15.2. The van der Waals surface area contributed by atoms with Crippen LogP contribution in [0.25, 0.3) is 0 Å². The molecule has 21 heavy (non-hydrogen) atoms. The predicted octanol–water partition coefficient (Wildman–Crippen LogP) is 3.19. The maximum absolute atomic E-state index is 11.9. The van der Waals surface area contributed by atoms with E-state index in [1.54, 1.807) is 24.3 Å². The van der Waals surface area contributed by atoms with Crippen molar-refractivity contribution < 1.29 is 14.3 Å². The third kappa shape index (κ3) is 4.46.